The molecule has 0 saturated carbocycles. The molecule has 0 radical (unpaired) electrons. The van der Waals surface area contributed by atoms with Crippen LogP contribution >= 0.6 is 24.0 Å². The summed E-state index contributed by atoms with van der Waals surface area (Å²) < 4.78 is 8.95. The molecule has 0 bridgehead atoms. The van der Waals surface area contributed by atoms with E-state index in [1.807, 2.05) is 22.6 Å². The first-order chi connectivity index (χ1) is 13.2. The van der Waals surface area contributed by atoms with Crippen molar-refractivity contribution in [3.8, 4) is 0 Å². The van der Waals surface area contributed by atoms with Gasteiger partial charge in [0.05, 0.1) is 12.7 Å². The summed E-state index contributed by atoms with van der Waals surface area (Å²) in [6.07, 6.45) is 7.90. The highest BCUT2D eigenvalue weighted by molar-refractivity contribution is 14.0. The summed E-state index contributed by atoms with van der Waals surface area (Å²) in [5.74, 6) is 2.66. The number of halogens is 1. The average molecular weight is 502 g/mol. The topological polar surface area (TPSA) is 94.2 Å². The summed E-state index contributed by atoms with van der Waals surface area (Å²) in [4.78, 5) is 9.25. The van der Waals surface area contributed by atoms with E-state index in [2.05, 4.69) is 38.9 Å². The molecule has 0 spiro atoms. The third kappa shape index (κ3) is 6.43. The van der Waals surface area contributed by atoms with Gasteiger partial charge in [0, 0.05) is 45.9 Å². The predicted molar refractivity (Wildman–Crippen MR) is 119 cm³/mol. The van der Waals surface area contributed by atoms with E-state index in [4.69, 9.17) is 9.73 Å². The minimum atomic E-state index is 0. The molecule has 2 N–H and O–H groups in total. The molecule has 156 valence electrons. The van der Waals surface area contributed by atoms with Crippen LogP contribution in [0, 0.1) is 0 Å². The molecule has 3 heterocycles. The quantitative estimate of drug-likeness (QED) is 0.245. The highest BCUT2D eigenvalue weighted by Gasteiger charge is 2.22. The monoisotopic (exact) mass is 502 g/mol. The van der Waals surface area contributed by atoms with Crippen LogP contribution in [0.25, 0.3) is 0 Å². The number of guanidine groups is 1. The molecule has 0 aromatic carbocycles. The summed E-state index contributed by atoms with van der Waals surface area (Å²) in [5.41, 5.74) is 1.25. The van der Waals surface area contributed by atoms with Gasteiger partial charge >= 0.3 is 0 Å². The number of aliphatic imine (C=N–C) groups is 1. The van der Waals surface area contributed by atoms with Gasteiger partial charge in [-0.2, -0.15) is 10.2 Å². The van der Waals surface area contributed by atoms with Crippen molar-refractivity contribution in [1.82, 2.24) is 35.2 Å². The fourth-order valence-electron chi connectivity index (χ4n) is 3.26. The Morgan fingerprint density at radius 3 is 3.00 bits per heavy atom. The molecule has 9 nitrogen and oxygen atoms in total. The van der Waals surface area contributed by atoms with Gasteiger partial charge in [-0.25, -0.2) is 9.67 Å². The van der Waals surface area contributed by atoms with Crippen molar-refractivity contribution < 1.29 is 4.74 Å². The van der Waals surface area contributed by atoms with Gasteiger partial charge in [-0.1, -0.05) is 0 Å². The number of aryl methyl sites for hydroxylation is 3. The Bertz CT molecular complexity index is 757. The van der Waals surface area contributed by atoms with Crippen molar-refractivity contribution >= 4 is 29.9 Å². The Labute approximate surface area is 183 Å². The zero-order valence-electron chi connectivity index (χ0n) is 16.9. The van der Waals surface area contributed by atoms with Crippen molar-refractivity contribution in [1.29, 1.82) is 0 Å². The maximum atomic E-state index is 5.13. The molecule has 3 rings (SSSR count). The van der Waals surface area contributed by atoms with Crippen LogP contribution in [0.1, 0.15) is 37.0 Å². The number of nitrogens with zero attached hydrogens (tertiary/aromatic N) is 6. The molecule has 1 unspecified atom stereocenters. The third-order valence-electron chi connectivity index (χ3n) is 4.51. The van der Waals surface area contributed by atoms with Gasteiger partial charge in [0.15, 0.2) is 11.8 Å². The van der Waals surface area contributed by atoms with E-state index in [1.54, 1.807) is 7.11 Å². The van der Waals surface area contributed by atoms with Crippen LogP contribution < -0.4 is 10.6 Å². The number of hydrogen-bond donors (Lipinski definition) is 2. The normalized spacial score (nSPS) is 16.4. The van der Waals surface area contributed by atoms with Gasteiger partial charge in [-0.05, 0) is 31.7 Å². The lowest BCUT2D eigenvalue weighted by molar-refractivity contribution is 0.177. The van der Waals surface area contributed by atoms with Gasteiger partial charge in [0.1, 0.15) is 12.4 Å². The van der Waals surface area contributed by atoms with Gasteiger partial charge in [-0.15, -0.1) is 24.0 Å². The van der Waals surface area contributed by atoms with E-state index in [9.17, 15) is 0 Å². The summed E-state index contributed by atoms with van der Waals surface area (Å²) >= 11 is 0. The van der Waals surface area contributed by atoms with Crippen molar-refractivity contribution in [2.45, 2.75) is 51.8 Å². The molecule has 1 aliphatic heterocycles. The van der Waals surface area contributed by atoms with Crippen LogP contribution in [0.4, 0.5) is 0 Å². The number of rotatable bonds is 8. The lowest BCUT2D eigenvalue weighted by Gasteiger charge is -2.25. The predicted octanol–water partition coefficient (Wildman–Crippen LogP) is 1.28. The fourth-order valence-corrected chi connectivity index (χ4v) is 3.26. The van der Waals surface area contributed by atoms with E-state index in [0.29, 0.717) is 12.6 Å². The Kier molecular flexibility index (Phi) is 9.16. The van der Waals surface area contributed by atoms with Crippen molar-refractivity contribution in [3.05, 3.63) is 29.6 Å². The number of aromatic nitrogens is 5. The lowest BCUT2D eigenvalue weighted by atomic mass is 10.1. The number of nitrogens with one attached hydrogen (secondary N) is 2. The molecule has 0 saturated heterocycles. The van der Waals surface area contributed by atoms with E-state index in [1.165, 1.54) is 5.56 Å². The largest absolute Gasteiger partial charge is 0.377 e. The molecular weight excluding hydrogens is 471 g/mol. The number of fused-ring (bicyclic) bond motifs is 1. The molecule has 1 aliphatic rings. The minimum Gasteiger partial charge on any atom is -0.377 e. The first-order valence-electron chi connectivity index (χ1n) is 9.61. The SMILES string of the molecule is CCNC(=NCCCc1cnn(C)c1)NC1CCc2nc(COC)nn2C1.I. The van der Waals surface area contributed by atoms with Crippen LogP contribution in [0.5, 0.6) is 0 Å². The maximum Gasteiger partial charge on any atom is 0.191 e. The first-order valence-corrected chi connectivity index (χ1v) is 9.61. The van der Waals surface area contributed by atoms with Crippen LogP contribution in [0.3, 0.4) is 0 Å². The first kappa shape index (κ1) is 22.6. The second kappa shape index (κ2) is 11.3. The lowest BCUT2D eigenvalue weighted by Crippen LogP contribution is -2.47. The van der Waals surface area contributed by atoms with Crippen LogP contribution in [-0.4, -0.2) is 56.7 Å². The van der Waals surface area contributed by atoms with Gasteiger partial charge in [0.25, 0.3) is 0 Å². The zero-order valence-corrected chi connectivity index (χ0v) is 19.2. The summed E-state index contributed by atoms with van der Waals surface area (Å²) in [6, 6.07) is 0.297. The summed E-state index contributed by atoms with van der Waals surface area (Å²) in [6.45, 7) is 4.96. The van der Waals surface area contributed by atoms with E-state index in [-0.39, 0.29) is 24.0 Å². The number of methoxy groups -OCH3 is 1. The van der Waals surface area contributed by atoms with Crippen molar-refractivity contribution in [3.63, 3.8) is 0 Å². The highest BCUT2D eigenvalue weighted by atomic mass is 127. The van der Waals surface area contributed by atoms with Crippen molar-refractivity contribution in [2.24, 2.45) is 12.0 Å². The van der Waals surface area contributed by atoms with Gasteiger partial charge in [-0.3, -0.25) is 9.67 Å². The second-order valence-corrected chi connectivity index (χ2v) is 6.83. The second-order valence-electron chi connectivity index (χ2n) is 6.83. The summed E-state index contributed by atoms with van der Waals surface area (Å²) in [7, 11) is 3.61. The fraction of sp³-hybridized carbons (Fsp3) is 0.667. The maximum absolute atomic E-state index is 5.13. The number of hydrogen-bond acceptors (Lipinski definition) is 5. The molecule has 1 atom stereocenters. The zero-order chi connectivity index (χ0) is 19.1. The van der Waals surface area contributed by atoms with Crippen LogP contribution in [-0.2, 0) is 37.8 Å². The minimum absolute atomic E-state index is 0. The van der Waals surface area contributed by atoms with Crippen LogP contribution in [0.15, 0.2) is 17.4 Å². The summed E-state index contributed by atoms with van der Waals surface area (Å²) in [5, 5.41) is 15.6. The van der Waals surface area contributed by atoms with Gasteiger partial charge < -0.3 is 15.4 Å². The molecule has 2 aromatic rings. The molecule has 0 amide bonds. The smallest absolute Gasteiger partial charge is 0.191 e. The van der Waals surface area contributed by atoms with E-state index < -0.39 is 0 Å². The standard InChI is InChI=1S/C18H30N8O.HI/c1-4-19-18(20-9-5-6-14-10-21-25(2)11-14)22-15-7-8-17-23-16(13-27-3)24-26(17)12-15;/h10-11,15H,4-9,12-13H2,1-3H3,(H2,19,20,22);1H. The van der Waals surface area contributed by atoms with Gasteiger partial charge in [0.2, 0.25) is 0 Å². The molecule has 10 heteroatoms. The van der Waals surface area contributed by atoms with E-state index >= 15 is 0 Å². The van der Waals surface area contributed by atoms with Crippen LogP contribution in [0.2, 0.25) is 0 Å². The molecule has 0 fully saturated rings. The third-order valence-corrected chi connectivity index (χ3v) is 4.51. The Hall–Kier alpha value is -1.69. The Morgan fingerprint density at radius 2 is 2.29 bits per heavy atom. The Balaban J connectivity index is 0.00000280. The molecule has 2 aromatic heterocycles. The highest BCUT2D eigenvalue weighted by Crippen LogP contribution is 2.13. The van der Waals surface area contributed by atoms with E-state index in [0.717, 1.165) is 62.9 Å². The molecule has 0 aliphatic carbocycles. The average Bonchev–Trinajstić information content (AvgIpc) is 3.24. The number of ether oxygens (including phenoxy) is 1. The molecular formula is C18H31IN8O. The Morgan fingerprint density at radius 1 is 1.43 bits per heavy atom. The van der Waals surface area contributed by atoms with Crippen molar-refractivity contribution in [2.75, 3.05) is 20.2 Å². The molecule has 28 heavy (non-hydrogen) atoms.